The molecule has 2 aromatic carbocycles. The van der Waals surface area contributed by atoms with Crippen molar-refractivity contribution in [2.75, 3.05) is 13.1 Å². The topological polar surface area (TPSA) is 105 Å². The lowest BCUT2D eigenvalue weighted by Gasteiger charge is -2.39. The van der Waals surface area contributed by atoms with Gasteiger partial charge >= 0.3 is 0 Å². The quantitative estimate of drug-likeness (QED) is 0.161. The zero-order chi connectivity index (χ0) is 37.2. The summed E-state index contributed by atoms with van der Waals surface area (Å²) in [4.78, 5) is 21.0. The Morgan fingerprint density at radius 1 is 1.17 bits per heavy atom. The standard InChI is InChI=1S/C40H37Cl2F3N8O/c1-19-25-15-30(29-14-23(17-51(29)38(54)20-7-8-20)52-18-31(49-50-52)40(9-10-40)39(44)45)53(36-22-13-28(36)47-16-22)37(25)26-12-21(4-3-11-46)32(34(43)35(26)48-19)24-5-2-6-27(41)33(24)42/h2,5-6,12,15,18,20,22-23,28-29,36,39,47H,3-4,7-10,13-14,16-17H2,1H3/t22-,23+,28-,29-,36+/m1/s1. The van der Waals surface area contributed by atoms with Crippen LogP contribution in [0.15, 0.2) is 36.5 Å². The van der Waals surface area contributed by atoms with Gasteiger partial charge in [-0.1, -0.05) is 40.5 Å². The van der Waals surface area contributed by atoms with Gasteiger partial charge in [-0.05, 0) is 81.5 Å². The Labute approximate surface area is 319 Å². The molecule has 3 aliphatic carbocycles. The van der Waals surface area contributed by atoms with Crippen LogP contribution in [0.3, 0.4) is 0 Å². The van der Waals surface area contributed by atoms with Crippen molar-refractivity contribution in [1.82, 2.24) is 34.8 Å². The van der Waals surface area contributed by atoms with Gasteiger partial charge < -0.3 is 14.8 Å². The van der Waals surface area contributed by atoms with E-state index in [4.69, 9.17) is 28.2 Å². The number of rotatable bonds is 9. The fourth-order valence-electron chi connectivity index (χ4n) is 9.60. The summed E-state index contributed by atoms with van der Waals surface area (Å²) >= 11 is 13.1. The highest BCUT2D eigenvalue weighted by atomic mass is 35.5. The van der Waals surface area contributed by atoms with Crippen molar-refractivity contribution in [3.63, 3.8) is 0 Å². The molecule has 6 fully saturated rings. The van der Waals surface area contributed by atoms with Crippen molar-refractivity contribution < 1.29 is 18.0 Å². The third-order valence-electron chi connectivity index (χ3n) is 12.9. The van der Waals surface area contributed by atoms with Gasteiger partial charge in [0.2, 0.25) is 12.3 Å². The third-order valence-corrected chi connectivity index (χ3v) is 13.7. The summed E-state index contributed by atoms with van der Waals surface area (Å²) < 4.78 is 49.3. The second-order valence-electron chi connectivity index (χ2n) is 16.0. The zero-order valence-electron chi connectivity index (χ0n) is 29.5. The van der Waals surface area contributed by atoms with Crippen molar-refractivity contribution in [2.24, 2.45) is 11.8 Å². The van der Waals surface area contributed by atoms with Gasteiger partial charge in [-0.3, -0.25) is 4.79 Å². The highest BCUT2D eigenvalue weighted by Gasteiger charge is 2.55. The number of pyridine rings is 1. The van der Waals surface area contributed by atoms with E-state index in [9.17, 15) is 18.8 Å². The van der Waals surface area contributed by atoms with Crippen LogP contribution in [0.2, 0.25) is 10.0 Å². The Balaban J connectivity index is 1.17. The number of benzene rings is 2. The van der Waals surface area contributed by atoms with Gasteiger partial charge in [0.1, 0.15) is 5.52 Å². The highest BCUT2D eigenvalue weighted by molar-refractivity contribution is 6.43. The van der Waals surface area contributed by atoms with Gasteiger partial charge in [0.25, 0.3) is 0 Å². The summed E-state index contributed by atoms with van der Waals surface area (Å²) in [5.41, 5.74) is 3.11. The van der Waals surface area contributed by atoms with E-state index in [2.05, 4.69) is 32.3 Å². The van der Waals surface area contributed by atoms with E-state index in [-0.39, 0.29) is 58.5 Å². The monoisotopic (exact) mass is 772 g/mol. The largest absolute Gasteiger partial charge is 0.337 e. The number of fused-ring (bicyclic) bond motifs is 4. The SMILES string of the molecule is Cc1nc2c(F)c(-c3cccc(Cl)c3Cl)c(CCC#N)cc2c2c1cc([C@H]1C[C@H](n3cc(C4(C(F)F)CC4)nn3)CN1C(=O)C1CC1)n2[C@H]1[C@H]2CN[C@@H]1C2. The number of nitrogens with one attached hydrogen (secondary N) is 1. The third kappa shape index (κ3) is 5.07. The minimum atomic E-state index is -2.51. The molecular weight excluding hydrogens is 736 g/mol. The molecule has 0 radical (unpaired) electrons. The van der Waals surface area contributed by atoms with Crippen LogP contribution in [0, 0.1) is 35.9 Å². The molecule has 278 valence electrons. The molecule has 1 N–H and O–H groups in total. The van der Waals surface area contributed by atoms with E-state index in [0.29, 0.717) is 71.1 Å². The molecule has 2 bridgehead atoms. The molecule has 6 aliphatic rings. The predicted octanol–water partition coefficient (Wildman–Crippen LogP) is 8.41. The molecule has 1 amide bonds. The van der Waals surface area contributed by atoms with Crippen molar-refractivity contribution >= 4 is 50.9 Å². The van der Waals surface area contributed by atoms with E-state index in [1.54, 1.807) is 29.1 Å². The number of carbonyl (C=O) groups is 1. The fourth-order valence-corrected chi connectivity index (χ4v) is 9.99. The van der Waals surface area contributed by atoms with Crippen molar-refractivity contribution in [3.8, 4) is 17.2 Å². The molecule has 3 saturated carbocycles. The van der Waals surface area contributed by atoms with E-state index in [1.165, 1.54) is 0 Å². The van der Waals surface area contributed by atoms with Crippen molar-refractivity contribution in [3.05, 3.63) is 75.0 Å². The van der Waals surface area contributed by atoms with Crippen LogP contribution in [0.25, 0.3) is 32.9 Å². The molecule has 5 atom stereocenters. The Bertz CT molecular complexity index is 2420. The zero-order valence-corrected chi connectivity index (χ0v) is 31.0. The minimum Gasteiger partial charge on any atom is -0.337 e. The van der Waals surface area contributed by atoms with Gasteiger partial charge in [0.15, 0.2) is 5.82 Å². The smallest absolute Gasteiger partial charge is 0.249 e. The van der Waals surface area contributed by atoms with E-state index in [0.717, 1.165) is 42.4 Å². The molecule has 11 rings (SSSR count). The van der Waals surface area contributed by atoms with Crippen molar-refractivity contribution in [2.45, 2.75) is 94.3 Å². The lowest BCUT2D eigenvalue weighted by Crippen LogP contribution is -2.41. The lowest BCUT2D eigenvalue weighted by molar-refractivity contribution is -0.133. The van der Waals surface area contributed by atoms with Gasteiger partial charge in [0.05, 0.1) is 50.9 Å². The number of carbonyl (C=O) groups excluding carboxylic acids is 1. The number of aryl methyl sites for hydroxylation is 2. The van der Waals surface area contributed by atoms with Crippen LogP contribution < -0.4 is 5.32 Å². The van der Waals surface area contributed by atoms with Crippen LogP contribution in [-0.4, -0.2) is 60.9 Å². The molecule has 0 unspecified atom stereocenters. The molecule has 9 nitrogen and oxygen atoms in total. The Hall–Kier alpha value is -4.18. The van der Waals surface area contributed by atoms with Gasteiger partial charge in [-0.15, -0.1) is 5.10 Å². The molecule has 6 heterocycles. The average Bonchev–Trinajstić information content (AvgIpc) is 3.79. The molecular formula is C40H37Cl2F3N8O. The predicted molar refractivity (Wildman–Crippen MR) is 198 cm³/mol. The van der Waals surface area contributed by atoms with Crippen LogP contribution in [0.5, 0.6) is 0 Å². The average molecular weight is 774 g/mol. The summed E-state index contributed by atoms with van der Waals surface area (Å²) in [7, 11) is 0. The first-order valence-corrected chi connectivity index (χ1v) is 19.6. The number of likely N-dealkylation sites (tertiary alicyclic amines) is 1. The normalized spacial score (nSPS) is 25.5. The molecule has 3 saturated heterocycles. The number of nitrogens with zero attached hydrogens (tertiary/aromatic N) is 7. The van der Waals surface area contributed by atoms with Crippen LogP contribution >= 0.6 is 23.2 Å². The van der Waals surface area contributed by atoms with Gasteiger partial charge in [-0.2, -0.15) is 5.26 Å². The number of hydrogen-bond acceptors (Lipinski definition) is 6. The Kier molecular flexibility index (Phi) is 7.89. The number of halogens is 5. The van der Waals surface area contributed by atoms with Crippen LogP contribution in [0.1, 0.15) is 85.7 Å². The van der Waals surface area contributed by atoms with Gasteiger partial charge in [0, 0.05) is 71.0 Å². The highest BCUT2D eigenvalue weighted by Crippen LogP contribution is 2.54. The van der Waals surface area contributed by atoms with E-state index >= 15 is 4.39 Å². The number of nitriles is 1. The van der Waals surface area contributed by atoms with Crippen LogP contribution in [0.4, 0.5) is 13.2 Å². The molecule has 54 heavy (non-hydrogen) atoms. The van der Waals surface area contributed by atoms with Crippen LogP contribution in [-0.2, 0) is 16.6 Å². The summed E-state index contributed by atoms with van der Waals surface area (Å²) in [6, 6.07) is 11.1. The first-order valence-electron chi connectivity index (χ1n) is 18.8. The summed E-state index contributed by atoms with van der Waals surface area (Å²) in [6.45, 7) is 3.13. The molecule has 3 aliphatic heterocycles. The lowest BCUT2D eigenvalue weighted by atomic mass is 9.79. The maximum atomic E-state index is 17.2. The maximum absolute atomic E-state index is 17.2. The second-order valence-corrected chi connectivity index (χ2v) is 16.8. The van der Waals surface area contributed by atoms with E-state index < -0.39 is 17.7 Å². The summed E-state index contributed by atoms with van der Waals surface area (Å²) in [5.74, 6) is -0.118. The van der Waals surface area contributed by atoms with Crippen molar-refractivity contribution in [1.29, 1.82) is 5.26 Å². The number of amides is 1. The molecule has 5 aromatic rings. The van der Waals surface area contributed by atoms with Gasteiger partial charge in [-0.25, -0.2) is 22.8 Å². The maximum Gasteiger partial charge on any atom is 0.249 e. The minimum absolute atomic E-state index is 0.0386. The summed E-state index contributed by atoms with van der Waals surface area (Å²) in [6.07, 6.45) is 3.62. The molecule has 3 aromatic heterocycles. The number of alkyl halides is 2. The number of hydrogen-bond donors (Lipinski definition) is 1. The Morgan fingerprint density at radius 2 is 1.98 bits per heavy atom. The first kappa shape index (κ1) is 34.3. The first-order chi connectivity index (χ1) is 26.1. The Morgan fingerprint density at radius 3 is 2.67 bits per heavy atom. The second kappa shape index (κ2) is 12.4. The van der Waals surface area contributed by atoms with E-state index in [1.807, 2.05) is 17.9 Å². The fraction of sp³-hybridized carbons (Fsp3) is 0.475. The molecule has 14 heteroatoms. The number of aromatic nitrogens is 5. The summed E-state index contributed by atoms with van der Waals surface area (Å²) in [5, 5.41) is 23.9. The molecule has 0 spiro atoms.